The maximum Gasteiger partial charge on any atom is 0.306 e. The van der Waals surface area contributed by atoms with Crippen LogP contribution in [0.5, 0.6) is 0 Å². The molecule has 0 aromatic rings. The maximum atomic E-state index is 12.7. The molecule has 0 amide bonds. The van der Waals surface area contributed by atoms with Crippen molar-refractivity contribution in [2.45, 2.75) is 252 Å². The van der Waals surface area contributed by atoms with Gasteiger partial charge in [0.25, 0.3) is 0 Å². The minimum Gasteiger partial charge on any atom is -0.462 e. The van der Waals surface area contributed by atoms with E-state index in [-0.39, 0.29) is 31.1 Å². The Morgan fingerprint density at radius 3 is 0.800 bits per heavy atom. The van der Waals surface area contributed by atoms with Crippen LogP contribution in [-0.4, -0.2) is 37.2 Å². The van der Waals surface area contributed by atoms with Crippen LogP contribution in [0.1, 0.15) is 245 Å². The zero-order valence-electron chi connectivity index (χ0n) is 33.7. The highest BCUT2D eigenvalue weighted by atomic mass is 16.6. The van der Waals surface area contributed by atoms with Gasteiger partial charge in [0, 0.05) is 19.3 Å². The third-order valence-electron chi connectivity index (χ3n) is 9.86. The second kappa shape index (κ2) is 40.2. The average Bonchev–Trinajstić information content (AvgIpc) is 3.11. The van der Waals surface area contributed by atoms with E-state index in [2.05, 4.69) is 20.8 Å². The Labute approximate surface area is 310 Å². The summed E-state index contributed by atoms with van der Waals surface area (Å²) >= 11 is 0. The predicted octanol–water partition coefficient (Wildman–Crippen LogP) is 13.7. The van der Waals surface area contributed by atoms with Crippen LogP contribution >= 0.6 is 0 Å². The Kier molecular flexibility index (Phi) is 38.9. The van der Waals surface area contributed by atoms with Gasteiger partial charge in [-0.05, 0) is 19.3 Å². The van der Waals surface area contributed by atoms with E-state index in [0.717, 1.165) is 57.8 Å². The van der Waals surface area contributed by atoms with Gasteiger partial charge in [-0.2, -0.15) is 0 Å². The molecular formula is C44H84O6. The molecular weight excluding hydrogens is 624 g/mol. The monoisotopic (exact) mass is 709 g/mol. The highest BCUT2D eigenvalue weighted by molar-refractivity contribution is 5.71. The summed E-state index contributed by atoms with van der Waals surface area (Å²) in [7, 11) is 0. The lowest BCUT2D eigenvalue weighted by Gasteiger charge is -2.18. The molecule has 0 saturated heterocycles. The van der Waals surface area contributed by atoms with E-state index in [9.17, 15) is 14.4 Å². The van der Waals surface area contributed by atoms with Crippen LogP contribution in [0.15, 0.2) is 0 Å². The number of rotatable bonds is 40. The minimum absolute atomic E-state index is 0.0636. The van der Waals surface area contributed by atoms with E-state index in [1.54, 1.807) is 0 Å². The zero-order valence-corrected chi connectivity index (χ0v) is 33.7. The molecule has 50 heavy (non-hydrogen) atoms. The summed E-state index contributed by atoms with van der Waals surface area (Å²) < 4.78 is 16.6. The SMILES string of the molecule is CCCCCCCCCCCCCCCCCC(=O)O[C@@H](COC(=O)CCCCCCCCC)COC(=O)CCCCCCCCCCCC. The van der Waals surface area contributed by atoms with Gasteiger partial charge in [0.1, 0.15) is 13.2 Å². The van der Waals surface area contributed by atoms with Gasteiger partial charge in [-0.3, -0.25) is 14.4 Å². The Bertz CT molecular complexity index is 738. The summed E-state index contributed by atoms with van der Waals surface area (Å²) in [6.07, 6.45) is 39.5. The minimum atomic E-state index is -0.756. The van der Waals surface area contributed by atoms with Crippen molar-refractivity contribution in [3.63, 3.8) is 0 Å². The van der Waals surface area contributed by atoms with Crippen molar-refractivity contribution >= 4 is 17.9 Å². The Balaban J connectivity index is 4.26. The second-order valence-electron chi connectivity index (χ2n) is 15.0. The van der Waals surface area contributed by atoms with Gasteiger partial charge in [0.15, 0.2) is 6.10 Å². The summed E-state index contributed by atoms with van der Waals surface area (Å²) in [4.78, 5) is 37.5. The highest BCUT2D eigenvalue weighted by Gasteiger charge is 2.19. The van der Waals surface area contributed by atoms with Crippen molar-refractivity contribution in [1.82, 2.24) is 0 Å². The molecule has 0 unspecified atom stereocenters. The molecule has 0 aromatic carbocycles. The van der Waals surface area contributed by atoms with Crippen LogP contribution in [0.4, 0.5) is 0 Å². The third-order valence-corrected chi connectivity index (χ3v) is 9.86. The van der Waals surface area contributed by atoms with Gasteiger partial charge in [-0.15, -0.1) is 0 Å². The van der Waals surface area contributed by atoms with E-state index < -0.39 is 6.10 Å². The van der Waals surface area contributed by atoms with E-state index >= 15 is 0 Å². The fraction of sp³-hybridized carbons (Fsp3) is 0.932. The number of esters is 3. The molecule has 6 nitrogen and oxygen atoms in total. The van der Waals surface area contributed by atoms with Crippen molar-refractivity contribution in [2.75, 3.05) is 13.2 Å². The molecule has 0 spiro atoms. The molecule has 0 aromatic heterocycles. The molecule has 0 heterocycles. The first-order valence-electron chi connectivity index (χ1n) is 22.0. The third kappa shape index (κ3) is 37.7. The van der Waals surface area contributed by atoms with Crippen molar-refractivity contribution in [1.29, 1.82) is 0 Å². The maximum absolute atomic E-state index is 12.7. The fourth-order valence-electron chi connectivity index (χ4n) is 6.50. The van der Waals surface area contributed by atoms with Gasteiger partial charge in [-0.25, -0.2) is 0 Å². The predicted molar refractivity (Wildman–Crippen MR) is 210 cm³/mol. The second-order valence-corrected chi connectivity index (χ2v) is 15.0. The van der Waals surface area contributed by atoms with Gasteiger partial charge < -0.3 is 14.2 Å². The van der Waals surface area contributed by atoms with Gasteiger partial charge in [0.2, 0.25) is 0 Å². The van der Waals surface area contributed by atoms with Gasteiger partial charge >= 0.3 is 17.9 Å². The summed E-state index contributed by atoms with van der Waals surface area (Å²) in [6, 6.07) is 0. The number of carbonyl (C=O) groups is 3. The Hall–Kier alpha value is -1.59. The molecule has 1 atom stereocenters. The largest absolute Gasteiger partial charge is 0.462 e. The molecule has 296 valence electrons. The number of hydrogen-bond acceptors (Lipinski definition) is 6. The number of ether oxygens (including phenoxy) is 3. The molecule has 0 aliphatic rings. The van der Waals surface area contributed by atoms with Gasteiger partial charge in [0.05, 0.1) is 0 Å². The smallest absolute Gasteiger partial charge is 0.306 e. The summed E-state index contributed by atoms with van der Waals surface area (Å²) in [5.41, 5.74) is 0. The van der Waals surface area contributed by atoms with E-state index in [4.69, 9.17) is 14.2 Å². The molecule has 0 rings (SSSR count). The van der Waals surface area contributed by atoms with Crippen LogP contribution in [0.3, 0.4) is 0 Å². The van der Waals surface area contributed by atoms with Crippen molar-refractivity contribution in [2.24, 2.45) is 0 Å². The van der Waals surface area contributed by atoms with E-state index in [0.29, 0.717) is 19.3 Å². The molecule has 0 N–H and O–H groups in total. The topological polar surface area (TPSA) is 78.9 Å². The molecule has 0 radical (unpaired) electrons. The van der Waals surface area contributed by atoms with Crippen LogP contribution in [0.25, 0.3) is 0 Å². The normalized spacial score (nSPS) is 11.8. The van der Waals surface area contributed by atoms with E-state index in [1.165, 1.54) is 148 Å². The van der Waals surface area contributed by atoms with Gasteiger partial charge in [-0.1, -0.05) is 207 Å². The first-order valence-corrected chi connectivity index (χ1v) is 22.0. The first kappa shape index (κ1) is 48.4. The van der Waals surface area contributed by atoms with Crippen LogP contribution in [-0.2, 0) is 28.6 Å². The average molecular weight is 709 g/mol. The van der Waals surface area contributed by atoms with Crippen molar-refractivity contribution < 1.29 is 28.6 Å². The summed E-state index contributed by atoms with van der Waals surface area (Å²) in [5, 5.41) is 0. The van der Waals surface area contributed by atoms with E-state index in [1.807, 2.05) is 0 Å². The molecule has 0 aliphatic carbocycles. The molecule has 0 fully saturated rings. The number of carbonyl (C=O) groups excluding carboxylic acids is 3. The standard InChI is InChI=1S/C44H84O6/c1-4-7-10-13-16-18-20-21-22-23-24-26-29-32-35-38-44(47)50-41(39-48-42(45)36-33-30-27-15-12-9-6-3)40-49-43(46)37-34-31-28-25-19-17-14-11-8-5-2/h41H,4-40H2,1-3H3/t41-/m0/s1. The van der Waals surface area contributed by atoms with Crippen molar-refractivity contribution in [3.8, 4) is 0 Å². The first-order chi connectivity index (χ1) is 24.5. The fourth-order valence-corrected chi connectivity index (χ4v) is 6.50. The summed E-state index contributed by atoms with van der Waals surface area (Å²) in [5.74, 6) is -0.861. The molecule has 6 heteroatoms. The summed E-state index contributed by atoms with van der Waals surface area (Å²) in [6.45, 7) is 6.60. The zero-order chi connectivity index (χ0) is 36.6. The molecule has 0 bridgehead atoms. The Morgan fingerprint density at radius 2 is 0.540 bits per heavy atom. The number of hydrogen-bond donors (Lipinski definition) is 0. The van der Waals surface area contributed by atoms with Crippen molar-refractivity contribution in [3.05, 3.63) is 0 Å². The van der Waals surface area contributed by atoms with Crippen LogP contribution < -0.4 is 0 Å². The molecule has 0 aliphatic heterocycles. The lowest BCUT2D eigenvalue weighted by molar-refractivity contribution is -0.167. The van der Waals surface area contributed by atoms with Crippen LogP contribution in [0, 0.1) is 0 Å². The quantitative estimate of drug-likeness (QED) is 0.0358. The lowest BCUT2D eigenvalue weighted by Crippen LogP contribution is -2.30. The molecule has 0 saturated carbocycles. The van der Waals surface area contributed by atoms with Crippen LogP contribution in [0.2, 0.25) is 0 Å². The Morgan fingerprint density at radius 1 is 0.320 bits per heavy atom. The lowest BCUT2D eigenvalue weighted by atomic mass is 10.0. The number of unbranched alkanes of at least 4 members (excludes halogenated alkanes) is 29. The highest BCUT2D eigenvalue weighted by Crippen LogP contribution is 2.15.